The number of fused-ring (bicyclic) bond motifs is 1. The molecule has 0 saturated carbocycles. The van der Waals surface area contributed by atoms with Crippen LogP contribution in [0.3, 0.4) is 0 Å². The smallest absolute Gasteiger partial charge is 0.339 e. The van der Waals surface area contributed by atoms with Crippen LogP contribution >= 0.6 is 47.8 Å². The van der Waals surface area contributed by atoms with E-state index in [4.69, 9.17) is 4.18 Å². The van der Waals surface area contributed by atoms with Gasteiger partial charge >= 0.3 is 10.1 Å². The molecule has 4 nitrogen and oxygen atoms in total. The maximum absolute atomic E-state index is 12.9. The average Bonchev–Trinajstić information content (AvgIpc) is 2.54. The van der Waals surface area contributed by atoms with E-state index in [9.17, 15) is 8.42 Å². The van der Waals surface area contributed by atoms with Crippen molar-refractivity contribution in [3.63, 3.8) is 0 Å². The summed E-state index contributed by atoms with van der Waals surface area (Å²) < 4.78 is 33.2. The summed E-state index contributed by atoms with van der Waals surface area (Å²) in [6, 6.07) is 8.72. The molecule has 0 radical (unpaired) electrons. The standard InChI is InChI=1S/C17H12Br3NO3S/c1-9-6-10(2)15(8-12(9)18)25(22,23)24-17-14(20)7-13(19)11-4-3-5-21-16(11)17/h3-8H,1-2H3. The minimum atomic E-state index is -4.03. The van der Waals surface area contributed by atoms with Crippen LogP contribution in [0.5, 0.6) is 5.75 Å². The molecule has 0 aliphatic carbocycles. The van der Waals surface area contributed by atoms with Crippen molar-refractivity contribution in [1.29, 1.82) is 0 Å². The number of pyridine rings is 1. The SMILES string of the molecule is Cc1cc(C)c(S(=O)(=O)Oc2c(Br)cc(Br)c3cccnc23)cc1Br. The van der Waals surface area contributed by atoms with Crippen molar-refractivity contribution in [3.05, 3.63) is 61.1 Å². The zero-order valence-corrected chi connectivity index (χ0v) is 18.8. The Morgan fingerprint density at radius 2 is 1.68 bits per heavy atom. The van der Waals surface area contributed by atoms with E-state index in [2.05, 4.69) is 52.8 Å². The van der Waals surface area contributed by atoms with Crippen molar-refractivity contribution in [3.8, 4) is 5.75 Å². The summed E-state index contributed by atoms with van der Waals surface area (Å²) in [5, 5.41) is 0.762. The van der Waals surface area contributed by atoms with Gasteiger partial charge in [-0.3, -0.25) is 4.98 Å². The molecule has 2 aromatic carbocycles. The summed E-state index contributed by atoms with van der Waals surface area (Å²) in [6.45, 7) is 3.64. The van der Waals surface area contributed by atoms with E-state index >= 15 is 0 Å². The first-order valence-corrected chi connectivity index (χ1v) is 10.9. The number of hydrogen-bond donors (Lipinski definition) is 0. The lowest BCUT2D eigenvalue weighted by Gasteiger charge is -2.14. The third-order valence-corrected chi connectivity index (χ3v) is 7.13. The van der Waals surface area contributed by atoms with Crippen LogP contribution in [0.2, 0.25) is 0 Å². The van der Waals surface area contributed by atoms with Crippen LogP contribution in [0.4, 0.5) is 0 Å². The Bertz CT molecular complexity index is 1100. The molecule has 1 heterocycles. The number of aromatic nitrogens is 1. The van der Waals surface area contributed by atoms with E-state index in [-0.39, 0.29) is 10.6 Å². The van der Waals surface area contributed by atoms with Crippen molar-refractivity contribution < 1.29 is 12.6 Å². The average molecular weight is 550 g/mol. The first kappa shape index (κ1) is 18.8. The van der Waals surface area contributed by atoms with Crippen LogP contribution in [0.25, 0.3) is 10.9 Å². The molecule has 0 fully saturated rings. The van der Waals surface area contributed by atoms with Crippen LogP contribution in [-0.2, 0) is 10.1 Å². The molecule has 130 valence electrons. The van der Waals surface area contributed by atoms with Gasteiger partial charge < -0.3 is 4.18 Å². The molecule has 0 unspecified atom stereocenters. The lowest BCUT2D eigenvalue weighted by molar-refractivity contribution is 0.486. The fourth-order valence-corrected chi connectivity index (χ4v) is 5.61. The molecule has 1 aromatic heterocycles. The van der Waals surface area contributed by atoms with E-state index in [0.717, 1.165) is 15.4 Å². The van der Waals surface area contributed by atoms with Crippen molar-refractivity contribution >= 4 is 68.8 Å². The molecular weight excluding hydrogens is 538 g/mol. The molecule has 0 bridgehead atoms. The number of halogens is 3. The molecule has 3 rings (SSSR count). The van der Waals surface area contributed by atoms with E-state index in [1.165, 1.54) is 0 Å². The zero-order valence-electron chi connectivity index (χ0n) is 13.2. The number of aryl methyl sites for hydroxylation is 2. The summed E-state index contributed by atoms with van der Waals surface area (Å²) in [4.78, 5) is 4.39. The zero-order chi connectivity index (χ0) is 18.4. The monoisotopic (exact) mass is 547 g/mol. The largest absolute Gasteiger partial charge is 0.375 e. The molecule has 0 amide bonds. The van der Waals surface area contributed by atoms with Crippen LogP contribution in [0, 0.1) is 13.8 Å². The number of rotatable bonds is 3. The molecule has 0 saturated heterocycles. The highest BCUT2D eigenvalue weighted by Gasteiger charge is 2.24. The van der Waals surface area contributed by atoms with E-state index in [1.807, 2.05) is 13.0 Å². The topological polar surface area (TPSA) is 56.3 Å². The van der Waals surface area contributed by atoms with Crippen LogP contribution in [0.1, 0.15) is 11.1 Å². The number of hydrogen-bond acceptors (Lipinski definition) is 4. The van der Waals surface area contributed by atoms with Gasteiger partial charge in [0.05, 0.1) is 4.47 Å². The van der Waals surface area contributed by atoms with Gasteiger partial charge in [0.25, 0.3) is 0 Å². The number of nitrogens with zero attached hydrogens (tertiary/aromatic N) is 1. The second kappa shape index (κ2) is 6.98. The van der Waals surface area contributed by atoms with Gasteiger partial charge in [0.15, 0.2) is 5.75 Å². The third-order valence-electron chi connectivity index (χ3n) is 3.67. The fourth-order valence-electron chi connectivity index (χ4n) is 2.46. The minimum Gasteiger partial charge on any atom is -0.375 e. The maximum atomic E-state index is 12.9. The van der Waals surface area contributed by atoms with Crippen LogP contribution < -0.4 is 4.18 Å². The van der Waals surface area contributed by atoms with E-state index in [0.29, 0.717) is 20.0 Å². The lowest BCUT2D eigenvalue weighted by atomic mass is 10.2. The molecule has 0 N–H and O–H groups in total. The summed E-state index contributed by atoms with van der Waals surface area (Å²) in [5.74, 6) is 0.162. The molecular formula is C17H12Br3NO3S. The van der Waals surface area contributed by atoms with Crippen molar-refractivity contribution in [2.45, 2.75) is 18.7 Å². The van der Waals surface area contributed by atoms with E-state index in [1.54, 1.807) is 37.4 Å². The van der Waals surface area contributed by atoms with Crippen molar-refractivity contribution in [2.75, 3.05) is 0 Å². The van der Waals surface area contributed by atoms with Gasteiger partial charge in [-0.25, -0.2) is 0 Å². The Labute approximate surface area is 171 Å². The number of benzene rings is 2. The Hall–Kier alpha value is -0.960. The summed E-state index contributed by atoms with van der Waals surface area (Å²) >= 11 is 10.2. The molecule has 3 aromatic rings. The second-order valence-corrected chi connectivity index (χ2v) is 9.55. The quantitative estimate of drug-likeness (QED) is 0.381. The molecule has 8 heteroatoms. The maximum Gasteiger partial charge on any atom is 0.339 e. The predicted molar refractivity (Wildman–Crippen MR) is 109 cm³/mol. The van der Waals surface area contributed by atoms with Crippen molar-refractivity contribution in [1.82, 2.24) is 4.98 Å². The molecule has 0 atom stereocenters. The van der Waals surface area contributed by atoms with Gasteiger partial charge in [0, 0.05) is 20.5 Å². The van der Waals surface area contributed by atoms with Crippen LogP contribution in [0.15, 0.2) is 54.8 Å². The fraction of sp³-hybridized carbons (Fsp3) is 0.118. The highest BCUT2D eigenvalue weighted by Crippen LogP contribution is 2.39. The Balaban J connectivity index is 2.17. The van der Waals surface area contributed by atoms with E-state index < -0.39 is 10.1 Å². The first-order chi connectivity index (χ1) is 11.7. The molecule has 25 heavy (non-hydrogen) atoms. The Morgan fingerprint density at radius 1 is 0.960 bits per heavy atom. The summed E-state index contributed by atoms with van der Waals surface area (Å²) in [7, 11) is -4.03. The highest BCUT2D eigenvalue weighted by atomic mass is 79.9. The summed E-state index contributed by atoms with van der Waals surface area (Å²) in [6.07, 6.45) is 1.59. The highest BCUT2D eigenvalue weighted by molar-refractivity contribution is 9.11. The van der Waals surface area contributed by atoms with Gasteiger partial charge in [0.1, 0.15) is 10.4 Å². The minimum absolute atomic E-state index is 0.115. The molecule has 0 aliphatic heterocycles. The Morgan fingerprint density at radius 3 is 2.40 bits per heavy atom. The molecule has 0 aliphatic rings. The Kier molecular flexibility index (Phi) is 5.26. The summed E-state index contributed by atoms with van der Waals surface area (Å²) in [5.41, 5.74) is 2.02. The lowest BCUT2D eigenvalue weighted by Crippen LogP contribution is -2.12. The molecule has 0 spiro atoms. The second-order valence-electron chi connectivity index (χ2n) is 5.47. The van der Waals surface area contributed by atoms with Gasteiger partial charge in [0.2, 0.25) is 0 Å². The van der Waals surface area contributed by atoms with Gasteiger partial charge in [-0.15, -0.1) is 0 Å². The van der Waals surface area contributed by atoms with Gasteiger partial charge in [-0.05, 0) is 59.1 Å². The first-order valence-electron chi connectivity index (χ1n) is 7.14. The normalized spacial score (nSPS) is 11.7. The predicted octanol–water partition coefficient (Wildman–Crippen LogP) is 5.91. The third kappa shape index (κ3) is 3.63. The van der Waals surface area contributed by atoms with Gasteiger partial charge in [-0.1, -0.05) is 44.0 Å². The van der Waals surface area contributed by atoms with Crippen molar-refractivity contribution in [2.24, 2.45) is 0 Å². The van der Waals surface area contributed by atoms with Crippen LogP contribution in [-0.4, -0.2) is 13.4 Å². The van der Waals surface area contributed by atoms with Gasteiger partial charge in [-0.2, -0.15) is 8.42 Å².